The molecule has 0 saturated heterocycles. The highest BCUT2D eigenvalue weighted by Gasteiger charge is 2.14. The molecule has 0 radical (unpaired) electrons. The average Bonchev–Trinajstić information content (AvgIpc) is 2.50. The van der Waals surface area contributed by atoms with E-state index in [-0.39, 0.29) is 5.92 Å². The molecule has 0 N–H and O–H groups in total. The lowest BCUT2D eigenvalue weighted by Gasteiger charge is -2.18. The van der Waals surface area contributed by atoms with Crippen LogP contribution in [0.1, 0.15) is 11.5 Å². The van der Waals surface area contributed by atoms with Gasteiger partial charge >= 0.3 is 0 Å². The summed E-state index contributed by atoms with van der Waals surface area (Å²) in [5.74, 6) is 2.44. The molecule has 20 heavy (non-hydrogen) atoms. The number of halogens is 1. The van der Waals surface area contributed by atoms with Crippen LogP contribution in [0.2, 0.25) is 0 Å². The number of benzene rings is 2. The van der Waals surface area contributed by atoms with Crippen LogP contribution >= 0.6 is 28.6 Å². The molecule has 4 heteroatoms. The standard InChI is InChI=1S/C16H17BrO2S/c1-18-15-9-5-8-14(17)16(15)19-10-13(11-20)12-6-3-2-4-7-12/h2-9,13,20H,10-11H2,1H3. The molecule has 0 fully saturated rings. The molecule has 0 aliphatic carbocycles. The van der Waals surface area contributed by atoms with Gasteiger partial charge in [-0.25, -0.2) is 0 Å². The zero-order valence-electron chi connectivity index (χ0n) is 11.3. The fourth-order valence-corrected chi connectivity index (χ4v) is 2.73. The molecule has 2 aromatic rings. The third-order valence-corrected chi connectivity index (χ3v) is 4.14. The third-order valence-electron chi connectivity index (χ3n) is 3.07. The van der Waals surface area contributed by atoms with Crippen LogP contribution in [0.3, 0.4) is 0 Å². The van der Waals surface area contributed by atoms with Crippen molar-refractivity contribution in [1.82, 2.24) is 0 Å². The predicted octanol–water partition coefficient (Wildman–Crippen LogP) is 4.55. The molecule has 0 bridgehead atoms. The zero-order valence-corrected chi connectivity index (χ0v) is 13.7. The lowest BCUT2D eigenvalue weighted by molar-refractivity contribution is 0.277. The van der Waals surface area contributed by atoms with E-state index in [1.54, 1.807) is 7.11 Å². The molecule has 0 aliphatic heterocycles. The van der Waals surface area contributed by atoms with Gasteiger partial charge in [-0.1, -0.05) is 36.4 Å². The molecule has 2 aromatic carbocycles. The van der Waals surface area contributed by atoms with E-state index < -0.39 is 0 Å². The van der Waals surface area contributed by atoms with Crippen LogP contribution in [0.5, 0.6) is 11.5 Å². The second-order valence-corrected chi connectivity index (χ2v) is 5.59. The highest BCUT2D eigenvalue weighted by molar-refractivity contribution is 9.10. The van der Waals surface area contributed by atoms with E-state index in [4.69, 9.17) is 9.47 Å². The minimum atomic E-state index is 0.247. The fraction of sp³-hybridized carbons (Fsp3) is 0.250. The van der Waals surface area contributed by atoms with Crippen molar-refractivity contribution in [2.45, 2.75) is 5.92 Å². The number of methoxy groups -OCH3 is 1. The summed E-state index contributed by atoms with van der Waals surface area (Å²) in [6.45, 7) is 0.562. The van der Waals surface area contributed by atoms with Crippen molar-refractivity contribution in [3.8, 4) is 11.5 Å². The van der Waals surface area contributed by atoms with Crippen LogP contribution < -0.4 is 9.47 Å². The minimum absolute atomic E-state index is 0.247. The number of hydrogen-bond acceptors (Lipinski definition) is 3. The molecular formula is C16H17BrO2S. The van der Waals surface area contributed by atoms with E-state index in [1.165, 1.54) is 5.56 Å². The van der Waals surface area contributed by atoms with Crippen molar-refractivity contribution in [3.63, 3.8) is 0 Å². The summed E-state index contributed by atoms with van der Waals surface area (Å²) < 4.78 is 12.2. The maximum atomic E-state index is 5.95. The topological polar surface area (TPSA) is 18.5 Å². The van der Waals surface area contributed by atoms with Crippen molar-refractivity contribution < 1.29 is 9.47 Å². The molecule has 0 aliphatic rings. The molecule has 0 amide bonds. The fourth-order valence-electron chi connectivity index (χ4n) is 1.95. The van der Waals surface area contributed by atoms with Crippen LogP contribution in [0.15, 0.2) is 53.0 Å². The van der Waals surface area contributed by atoms with Gasteiger partial charge in [0.25, 0.3) is 0 Å². The Morgan fingerprint density at radius 3 is 2.50 bits per heavy atom. The van der Waals surface area contributed by atoms with Gasteiger partial charge < -0.3 is 9.47 Å². The van der Waals surface area contributed by atoms with Gasteiger partial charge in [-0.05, 0) is 33.6 Å². The van der Waals surface area contributed by atoms with Gasteiger partial charge in [-0.3, -0.25) is 0 Å². The molecule has 0 saturated carbocycles. The predicted molar refractivity (Wildman–Crippen MR) is 89.2 cm³/mol. The first-order chi connectivity index (χ1) is 9.76. The van der Waals surface area contributed by atoms with Crippen molar-refractivity contribution in [2.75, 3.05) is 19.5 Å². The summed E-state index contributed by atoms with van der Waals surface area (Å²) in [7, 11) is 1.64. The van der Waals surface area contributed by atoms with Crippen LogP contribution in [-0.4, -0.2) is 19.5 Å². The highest BCUT2D eigenvalue weighted by Crippen LogP contribution is 2.35. The number of para-hydroxylation sites is 1. The number of thiol groups is 1. The summed E-state index contributed by atoms with van der Waals surface area (Å²) in [6.07, 6.45) is 0. The second-order valence-electron chi connectivity index (χ2n) is 4.37. The first-order valence-corrected chi connectivity index (χ1v) is 7.80. The first-order valence-electron chi connectivity index (χ1n) is 6.37. The first kappa shape index (κ1) is 15.3. The molecule has 1 atom stereocenters. The van der Waals surface area contributed by atoms with Gasteiger partial charge in [0.05, 0.1) is 18.2 Å². The largest absolute Gasteiger partial charge is 0.493 e. The lowest BCUT2D eigenvalue weighted by atomic mass is 10.0. The van der Waals surface area contributed by atoms with Gasteiger partial charge in [-0.2, -0.15) is 12.6 Å². The Bertz CT molecular complexity index is 545. The van der Waals surface area contributed by atoms with Crippen molar-refractivity contribution in [1.29, 1.82) is 0 Å². The van der Waals surface area contributed by atoms with Crippen molar-refractivity contribution >= 4 is 28.6 Å². The van der Waals surface area contributed by atoms with E-state index in [1.807, 2.05) is 36.4 Å². The van der Waals surface area contributed by atoms with Crippen LogP contribution in [0.4, 0.5) is 0 Å². The van der Waals surface area contributed by atoms with Gasteiger partial charge in [0, 0.05) is 11.7 Å². The minimum Gasteiger partial charge on any atom is -0.493 e. The summed E-state index contributed by atoms with van der Waals surface area (Å²) in [5, 5.41) is 0. The van der Waals surface area contributed by atoms with E-state index in [2.05, 4.69) is 40.7 Å². The van der Waals surface area contributed by atoms with Crippen LogP contribution in [0, 0.1) is 0 Å². The summed E-state index contributed by atoms with van der Waals surface area (Å²) >= 11 is 7.92. The Labute approximate surface area is 133 Å². The van der Waals surface area contributed by atoms with Gasteiger partial charge in [-0.15, -0.1) is 0 Å². The molecule has 106 valence electrons. The molecule has 2 rings (SSSR count). The maximum Gasteiger partial charge on any atom is 0.175 e. The second kappa shape index (κ2) is 7.60. The monoisotopic (exact) mass is 352 g/mol. The number of hydrogen-bond donors (Lipinski definition) is 1. The number of ether oxygens (including phenoxy) is 2. The molecule has 2 nitrogen and oxygen atoms in total. The van der Waals surface area contributed by atoms with Crippen molar-refractivity contribution in [3.05, 3.63) is 58.6 Å². The maximum absolute atomic E-state index is 5.95. The van der Waals surface area contributed by atoms with Gasteiger partial charge in [0.1, 0.15) is 0 Å². The Balaban J connectivity index is 2.11. The average molecular weight is 353 g/mol. The lowest BCUT2D eigenvalue weighted by Crippen LogP contribution is -2.12. The molecule has 0 heterocycles. The Morgan fingerprint density at radius 1 is 1.10 bits per heavy atom. The van der Waals surface area contributed by atoms with Gasteiger partial charge in [0.2, 0.25) is 0 Å². The summed E-state index contributed by atoms with van der Waals surface area (Å²) in [6, 6.07) is 16.0. The molecule has 0 spiro atoms. The smallest absolute Gasteiger partial charge is 0.175 e. The van der Waals surface area contributed by atoms with E-state index in [0.29, 0.717) is 6.61 Å². The Kier molecular flexibility index (Phi) is 5.80. The third kappa shape index (κ3) is 3.70. The van der Waals surface area contributed by atoms with Crippen LogP contribution in [-0.2, 0) is 0 Å². The van der Waals surface area contributed by atoms with Crippen molar-refractivity contribution in [2.24, 2.45) is 0 Å². The van der Waals surface area contributed by atoms with E-state index in [0.717, 1.165) is 21.7 Å². The quantitative estimate of drug-likeness (QED) is 0.768. The van der Waals surface area contributed by atoms with Crippen LogP contribution in [0.25, 0.3) is 0 Å². The van der Waals surface area contributed by atoms with E-state index >= 15 is 0 Å². The SMILES string of the molecule is COc1cccc(Br)c1OCC(CS)c1ccccc1. The highest BCUT2D eigenvalue weighted by atomic mass is 79.9. The van der Waals surface area contributed by atoms with Gasteiger partial charge in [0.15, 0.2) is 11.5 Å². The summed E-state index contributed by atoms with van der Waals surface area (Å²) in [4.78, 5) is 0. The normalized spacial score (nSPS) is 11.9. The van der Waals surface area contributed by atoms with E-state index in [9.17, 15) is 0 Å². The Morgan fingerprint density at radius 2 is 1.85 bits per heavy atom. The molecule has 0 aromatic heterocycles. The Hall–Kier alpha value is -1.13. The molecular weight excluding hydrogens is 336 g/mol. The summed E-state index contributed by atoms with van der Waals surface area (Å²) in [5.41, 5.74) is 1.23. The molecule has 1 unspecified atom stereocenters. The zero-order chi connectivity index (χ0) is 14.4. The number of rotatable bonds is 6.